The van der Waals surface area contributed by atoms with Crippen LogP contribution in [0.25, 0.3) is 0 Å². The third-order valence-corrected chi connectivity index (χ3v) is 2.74. The van der Waals surface area contributed by atoms with Gasteiger partial charge in [0.15, 0.2) is 0 Å². The van der Waals surface area contributed by atoms with E-state index in [2.05, 4.69) is 15.5 Å². The number of hydrogen-bond acceptors (Lipinski definition) is 5. The summed E-state index contributed by atoms with van der Waals surface area (Å²) in [4.78, 5) is 22.8. The number of alkyl halides is 1. The molecule has 0 aliphatic carbocycles. The molecule has 0 fully saturated rings. The van der Waals surface area contributed by atoms with Crippen LogP contribution >= 0.6 is 22.9 Å². The largest absolute Gasteiger partial charge is 0.323 e. The van der Waals surface area contributed by atoms with Gasteiger partial charge in [-0.05, 0) is 0 Å². The first-order valence-corrected chi connectivity index (χ1v) is 5.36. The summed E-state index contributed by atoms with van der Waals surface area (Å²) in [6.07, 6.45) is 0.643. The van der Waals surface area contributed by atoms with Crippen LogP contribution < -0.4 is 5.32 Å². The number of likely N-dealkylation sites (N-methyl/N-ethyl adjacent to an activating group) is 1. The van der Waals surface area contributed by atoms with Crippen molar-refractivity contribution >= 4 is 40.4 Å². The number of hydrogen-bond donors (Lipinski definition) is 1. The number of urea groups is 1. The monoisotopic (exact) mass is 248 g/mol. The van der Waals surface area contributed by atoms with Crippen LogP contribution in [0.15, 0.2) is 0 Å². The number of anilines is 1. The first kappa shape index (κ1) is 11.9. The van der Waals surface area contributed by atoms with Gasteiger partial charge in [0.05, 0.1) is 12.4 Å². The summed E-state index contributed by atoms with van der Waals surface area (Å²) in [7, 11) is 1.51. The molecule has 6 nitrogen and oxygen atoms in total. The number of amides is 2. The van der Waals surface area contributed by atoms with Gasteiger partial charge < -0.3 is 9.69 Å². The smallest absolute Gasteiger partial charge is 0.321 e. The minimum Gasteiger partial charge on any atom is -0.321 e. The molecule has 8 heteroatoms. The van der Waals surface area contributed by atoms with Crippen molar-refractivity contribution in [2.75, 3.05) is 18.9 Å². The molecule has 0 aromatic carbocycles. The number of rotatable bonds is 4. The van der Waals surface area contributed by atoms with Crippen molar-refractivity contribution in [2.45, 2.75) is 5.88 Å². The minimum absolute atomic E-state index is 0.0347. The average Bonchev–Trinajstić information content (AvgIpc) is 2.66. The first-order chi connectivity index (χ1) is 7.17. The molecular formula is C7H9ClN4O2S. The van der Waals surface area contributed by atoms with Gasteiger partial charge in [0.2, 0.25) is 5.13 Å². The predicted octanol–water partition coefficient (Wildman–Crippen LogP) is 0.939. The molecule has 15 heavy (non-hydrogen) atoms. The maximum absolute atomic E-state index is 11.4. The Morgan fingerprint density at radius 2 is 2.40 bits per heavy atom. The van der Waals surface area contributed by atoms with Crippen molar-refractivity contribution in [1.82, 2.24) is 15.1 Å². The molecule has 0 saturated heterocycles. The van der Waals surface area contributed by atoms with Gasteiger partial charge in [-0.2, -0.15) is 0 Å². The molecule has 1 heterocycles. The number of carbonyl (C=O) groups is 2. The standard InChI is InChI=1S/C7H9ClN4O2S/c1-12(2-3-13)7(14)9-6-11-10-5(4-8)15-6/h3H,2,4H2,1H3,(H,9,11,14). The highest BCUT2D eigenvalue weighted by Crippen LogP contribution is 2.16. The normalized spacial score (nSPS) is 9.73. The second-order valence-electron chi connectivity index (χ2n) is 2.61. The number of nitrogens with zero attached hydrogens (tertiary/aromatic N) is 3. The highest BCUT2D eigenvalue weighted by Gasteiger charge is 2.10. The van der Waals surface area contributed by atoms with Gasteiger partial charge in [0.25, 0.3) is 0 Å². The molecule has 0 atom stereocenters. The lowest BCUT2D eigenvalue weighted by Gasteiger charge is -2.12. The van der Waals surface area contributed by atoms with Crippen LogP contribution in [-0.4, -0.2) is 41.0 Å². The molecule has 0 aliphatic rings. The van der Waals surface area contributed by atoms with E-state index in [1.807, 2.05) is 0 Å². The van der Waals surface area contributed by atoms with Crippen molar-refractivity contribution in [3.05, 3.63) is 5.01 Å². The maximum Gasteiger partial charge on any atom is 0.323 e. The van der Waals surface area contributed by atoms with Crippen molar-refractivity contribution in [3.8, 4) is 0 Å². The van der Waals surface area contributed by atoms with Crippen LogP contribution in [0.5, 0.6) is 0 Å². The van der Waals surface area contributed by atoms with E-state index in [1.54, 1.807) is 0 Å². The first-order valence-electron chi connectivity index (χ1n) is 4.01. The molecule has 0 bridgehead atoms. The van der Waals surface area contributed by atoms with Gasteiger partial charge in [-0.25, -0.2) is 4.79 Å². The molecule has 0 spiro atoms. The summed E-state index contributed by atoms with van der Waals surface area (Å²) in [5.41, 5.74) is 0. The molecule has 1 aromatic rings. The van der Waals surface area contributed by atoms with Crippen LogP contribution in [-0.2, 0) is 10.7 Å². The van der Waals surface area contributed by atoms with Crippen LogP contribution in [0, 0.1) is 0 Å². The van der Waals surface area contributed by atoms with E-state index in [1.165, 1.54) is 23.3 Å². The number of aldehydes is 1. The second-order valence-corrected chi connectivity index (χ2v) is 3.94. The van der Waals surface area contributed by atoms with Gasteiger partial charge in [0.1, 0.15) is 11.3 Å². The number of carbonyl (C=O) groups excluding carboxylic acids is 2. The summed E-state index contributed by atoms with van der Waals surface area (Å²) < 4.78 is 0. The van der Waals surface area contributed by atoms with Crippen LogP contribution in [0.4, 0.5) is 9.93 Å². The van der Waals surface area contributed by atoms with Crippen molar-refractivity contribution in [1.29, 1.82) is 0 Å². The lowest BCUT2D eigenvalue weighted by molar-refractivity contribution is -0.108. The fourth-order valence-electron chi connectivity index (χ4n) is 0.740. The molecule has 82 valence electrons. The lowest BCUT2D eigenvalue weighted by atomic mass is 10.6. The summed E-state index contributed by atoms with van der Waals surface area (Å²) in [6.45, 7) is 0.0347. The molecule has 2 amide bonds. The predicted molar refractivity (Wildman–Crippen MR) is 57.2 cm³/mol. The molecule has 1 aromatic heterocycles. The van der Waals surface area contributed by atoms with E-state index < -0.39 is 6.03 Å². The summed E-state index contributed by atoms with van der Waals surface area (Å²) in [6, 6.07) is -0.403. The summed E-state index contributed by atoms with van der Waals surface area (Å²) >= 11 is 6.72. The Bertz CT molecular complexity index is 357. The second kappa shape index (κ2) is 5.62. The molecular weight excluding hydrogens is 240 g/mol. The topological polar surface area (TPSA) is 75.2 Å². The minimum atomic E-state index is -0.403. The lowest BCUT2D eigenvalue weighted by Crippen LogP contribution is -2.32. The third-order valence-electron chi connectivity index (χ3n) is 1.49. The SMILES string of the molecule is CN(CC=O)C(=O)Nc1nnc(CCl)s1. The van der Waals surface area contributed by atoms with Gasteiger partial charge in [-0.15, -0.1) is 21.8 Å². The molecule has 1 N–H and O–H groups in total. The fourth-order valence-corrected chi connectivity index (χ4v) is 1.54. The highest BCUT2D eigenvalue weighted by molar-refractivity contribution is 7.15. The average molecular weight is 249 g/mol. The van der Waals surface area contributed by atoms with E-state index in [4.69, 9.17) is 11.6 Å². The summed E-state index contributed by atoms with van der Waals surface area (Å²) in [5, 5.41) is 10.9. The number of aromatic nitrogens is 2. The molecule has 0 aliphatic heterocycles. The Kier molecular flexibility index (Phi) is 4.44. The van der Waals surface area contributed by atoms with Crippen molar-refractivity contribution < 1.29 is 9.59 Å². The van der Waals surface area contributed by atoms with Crippen molar-refractivity contribution in [3.63, 3.8) is 0 Å². The van der Waals surface area contributed by atoms with Crippen LogP contribution in [0.3, 0.4) is 0 Å². The Hall–Kier alpha value is -1.21. The van der Waals surface area contributed by atoms with Gasteiger partial charge in [0, 0.05) is 7.05 Å². The van der Waals surface area contributed by atoms with E-state index in [0.29, 0.717) is 16.4 Å². The molecule has 1 rings (SSSR count). The van der Waals surface area contributed by atoms with Crippen LogP contribution in [0.1, 0.15) is 5.01 Å². The van der Waals surface area contributed by atoms with E-state index in [-0.39, 0.29) is 12.4 Å². The highest BCUT2D eigenvalue weighted by atomic mass is 35.5. The molecule has 0 radical (unpaired) electrons. The fraction of sp³-hybridized carbons (Fsp3) is 0.429. The third kappa shape index (κ3) is 3.45. The number of nitrogens with one attached hydrogen (secondary N) is 1. The zero-order chi connectivity index (χ0) is 11.3. The zero-order valence-corrected chi connectivity index (χ0v) is 9.51. The van der Waals surface area contributed by atoms with E-state index in [0.717, 1.165) is 0 Å². The molecule has 0 unspecified atom stereocenters. The Balaban J connectivity index is 2.53. The molecule has 0 saturated carbocycles. The Morgan fingerprint density at radius 1 is 1.67 bits per heavy atom. The van der Waals surface area contributed by atoms with Crippen LogP contribution in [0.2, 0.25) is 0 Å². The van der Waals surface area contributed by atoms with Gasteiger partial charge in [-0.1, -0.05) is 11.3 Å². The Labute approximate surface area is 95.2 Å². The van der Waals surface area contributed by atoms with Crippen molar-refractivity contribution in [2.24, 2.45) is 0 Å². The van der Waals surface area contributed by atoms with Gasteiger partial charge >= 0.3 is 6.03 Å². The summed E-state index contributed by atoms with van der Waals surface area (Å²) in [5.74, 6) is 0.262. The van der Waals surface area contributed by atoms with E-state index >= 15 is 0 Å². The quantitative estimate of drug-likeness (QED) is 0.636. The maximum atomic E-state index is 11.4. The van der Waals surface area contributed by atoms with E-state index in [9.17, 15) is 9.59 Å². The number of halogens is 1. The van der Waals surface area contributed by atoms with Gasteiger partial charge in [-0.3, -0.25) is 5.32 Å². The zero-order valence-electron chi connectivity index (χ0n) is 7.94. The Morgan fingerprint density at radius 3 is 2.93 bits per heavy atom.